The zero-order valence-corrected chi connectivity index (χ0v) is 12.1. The van der Waals surface area contributed by atoms with Crippen LogP contribution in [-0.4, -0.2) is 8.42 Å². The smallest absolute Gasteiger partial charge is 0.216 e. The fraction of sp³-hybridized carbons (Fsp3) is 0.286. The van der Waals surface area contributed by atoms with Gasteiger partial charge in [0.25, 0.3) is 0 Å². The summed E-state index contributed by atoms with van der Waals surface area (Å²) in [6, 6.07) is 10.3. The normalized spacial score (nSPS) is 13.3. The molecule has 6 heteroatoms. The summed E-state index contributed by atoms with van der Waals surface area (Å²) in [4.78, 5) is 0. The molecule has 1 atom stereocenters. The molecule has 0 aliphatic carbocycles. The van der Waals surface area contributed by atoms with Crippen molar-refractivity contribution in [2.24, 2.45) is 5.73 Å². The van der Waals surface area contributed by atoms with Crippen LogP contribution in [0.1, 0.15) is 29.9 Å². The summed E-state index contributed by atoms with van der Waals surface area (Å²) in [6.07, 6.45) is 1.52. The molecule has 0 amide bonds. The van der Waals surface area contributed by atoms with Crippen LogP contribution in [0.4, 0.5) is 0 Å². The highest BCUT2D eigenvalue weighted by Crippen LogP contribution is 2.16. The molecule has 2 aromatic rings. The van der Waals surface area contributed by atoms with E-state index in [4.69, 9.17) is 10.2 Å². The number of nitrogens with one attached hydrogen (secondary N) is 1. The maximum Gasteiger partial charge on any atom is 0.216 e. The monoisotopic (exact) mass is 294 g/mol. The minimum Gasteiger partial charge on any atom is -0.468 e. The zero-order chi connectivity index (χ0) is 14.6. The van der Waals surface area contributed by atoms with E-state index in [0.717, 1.165) is 5.56 Å². The summed E-state index contributed by atoms with van der Waals surface area (Å²) in [5, 5.41) is 0. The molecule has 0 spiro atoms. The van der Waals surface area contributed by atoms with Gasteiger partial charge in [0.1, 0.15) is 5.76 Å². The average molecular weight is 294 g/mol. The molecule has 1 heterocycles. The van der Waals surface area contributed by atoms with E-state index in [1.165, 1.54) is 6.26 Å². The van der Waals surface area contributed by atoms with Gasteiger partial charge in [-0.25, -0.2) is 13.1 Å². The molecule has 1 aromatic heterocycles. The van der Waals surface area contributed by atoms with Gasteiger partial charge in [-0.1, -0.05) is 24.3 Å². The van der Waals surface area contributed by atoms with Crippen molar-refractivity contribution in [1.29, 1.82) is 0 Å². The van der Waals surface area contributed by atoms with Gasteiger partial charge >= 0.3 is 0 Å². The highest BCUT2D eigenvalue weighted by molar-refractivity contribution is 7.88. The second-order valence-corrected chi connectivity index (χ2v) is 6.34. The van der Waals surface area contributed by atoms with Crippen LogP contribution in [0.5, 0.6) is 0 Å². The van der Waals surface area contributed by atoms with Gasteiger partial charge in [-0.3, -0.25) is 0 Å². The van der Waals surface area contributed by atoms with Crippen LogP contribution in [0.25, 0.3) is 0 Å². The van der Waals surface area contributed by atoms with Crippen molar-refractivity contribution in [1.82, 2.24) is 4.72 Å². The van der Waals surface area contributed by atoms with E-state index in [-0.39, 0.29) is 5.75 Å². The SMILES string of the molecule is CC(NS(=O)(=O)Cc1ccccc1CN)c1ccco1. The lowest BCUT2D eigenvalue weighted by Gasteiger charge is -2.13. The number of hydrogen-bond acceptors (Lipinski definition) is 4. The van der Waals surface area contributed by atoms with Crippen LogP contribution in [-0.2, 0) is 22.3 Å². The molecule has 0 aliphatic rings. The Morgan fingerprint density at radius 1 is 1.20 bits per heavy atom. The van der Waals surface area contributed by atoms with E-state index in [2.05, 4.69) is 4.72 Å². The number of benzene rings is 1. The second-order valence-electron chi connectivity index (χ2n) is 4.59. The Labute approximate surface area is 118 Å². The van der Waals surface area contributed by atoms with Crippen molar-refractivity contribution in [2.75, 3.05) is 0 Å². The molecule has 3 N–H and O–H groups in total. The van der Waals surface area contributed by atoms with Crippen molar-refractivity contribution in [2.45, 2.75) is 25.3 Å². The first-order valence-corrected chi connectivity index (χ1v) is 7.97. The fourth-order valence-electron chi connectivity index (χ4n) is 2.01. The van der Waals surface area contributed by atoms with E-state index in [0.29, 0.717) is 17.9 Å². The van der Waals surface area contributed by atoms with Gasteiger partial charge in [0, 0.05) is 6.54 Å². The summed E-state index contributed by atoms with van der Waals surface area (Å²) >= 11 is 0. The van der Waals surface area contributed by atoms with Crippen molar-refractivity contribution in [3.63, 3.8) is 0 Å². The fourth-order valence-corrected chi connectivity index (χ4v) is 3.44. The molecular formula is C14H18N2O3S. The average Bonchev–Trinajstić information content (AvgIpc) is 2.92. The molecule has 108 valence electrons. The molecule has 0 fully saturated rings. The maximum atomic E-state index is 12.2. The van der Waals surface area contributed by atoms with Crippen LogP contribution >= 0.6 is 0 Å². The Bertz CT molecular complexity index is 651. The van der Waals surface area contributed by atoms with Gasteiger partial charge in [-0.15, -0.1) is 0 Å². The Kier molecular flexibility index (Phi) is 4.59. The molecule has 0 bridgehead atoms. The molecule has 1 unspecified atom stereocenters. The number of hydrogen-bond donors (Lipinski definition) is 2. The standard InChI is InChI=1S/C14H18N2O3S/c1-11(14-7-4-8-19-14)16-20(17,18)10-13-6-3-2-5-12(13)9-15/h2-8,11,16H,9-10,15H2,1H3. The lowest BCUT2D eigenvalue weighted by atomic mass is 10.1. The first kappa shape index (κ1) is 14.8. The van der Waals surface area contributed by atoms with Crippen molar-refractivity contribution < 1.29 is 12.8 Å². The number of furan rings is 1. The number of rotatable bonds is 6. The van der Waals surface area contributed by atoms with E-state index < -0.39 is 16.1 Å². The van der Waals surface area contributed by atoms with Crippen LogP contribution in [0.2, 0.25) is 0 Å². The highest BCUT2D eigenvalue weighted by Gasteiger charge is 2.19. The molecule has 1 aromatic carbocycles. The maximum absolute atomic E-state index is 12.2. The molecule has 2 rings (SSSR count). The van der Waals surface area contributed by atoms with E-state index in [9.17, 15) is 8.42 Å². The zero-order valence-electron chi connectivity index (χ0n) is 11.2. The molecule has 20 heavy (non-hydrogen) atoms. The molecule has 0 aliphatic heterocycles. The summed E-state index contributed by atoms with van der Waals surface area (Å²) in [5.74, 6) is 0.492. The van der Waals surface area contributed by atoms with Crippen LogP contribution in [0.3, 0.4) is 0 Å². The van der Waals surface area contributed by atoms with Gasteiger partial charge in [0.2, 0.25) is 10.0 Å². The lowest BCUT2D eigenvalue weighted by Crippen LogP contribution is -2.28. The molecule has 0 radical (unpaired) electrons. The van der Waals surface area contributed by atoms with E-state index in [1.54, 1.807) is 31.2 Å². The Balaban J connectivity index is 2.11. The highest BCUT2D eigenvalue weighted by atomic mass is 32.2. The molecule has 0 saturated heterocycles. The quantitative estimate of drug-likeness (QED) is 0.852. The lowest BCUT2D eigenvalue weighted by molar-refractivity contribution is 0.459. The molecular weight excluding hydrogens is 276 g/mol. The largest absolute Gasteiger partial charge is 0.468 e. The Morgan fingerprint density at radius 3 is 2.50 bits per heavy atom. The van der Waals surface area contributed by atoms with Crippen LogP contribution in [0, 0.1) is 0 Å². The predicted molar refractivity (Wildman–Crippen MR) is 77.2 cm³/mol. The van der Waals surface area contributed by atoms with Gasteiger partial charge in [0.05, 0.1) is 18.1 Å². The van der Waals surface area contributed by atoms with E-state index >= 15 is 0 Å². The third-order valence-corrected chi connectivity index (χ3v) is 4.41. The summed E-state index contributed by atoms with van der Waals surface area (Å²) in [5.41, 5.74) is 7.17. The molecule has 5 nitrogen and oxygen atoms in total. The van der Waals surface area contributed by atoms with Gasteiger partial charge in [-0.05, 0) is 30.2 Å². The topological polar surface area (TPSA) is 85.3 Å². The van der Waals surface area contributed by atoms with Crippen LogP contribution in [0.15, 0.2) is 47.1 Å². The minimum atomic E-state index is -3.46. The van der Waals surface area contributed by atoms with E-state index in [1.807, 2.05) is 12.1 Å². The minimum absolute atomic E-state index is 0.0918. The third-order valence-electron chi connectivity index (χ3n) is 3.01. The van der Waals surface area contributed by atoms with Crippen molar-refractivity contribution in [3.05, 3.63) is 59.5 Å². The number of nitrogens with two attached hydrogens (primary N) is 1. The molecule has 0 saturated carbocycles. The van der Waals surface area contributed by atoms with Crippen LogP contribution < -0.4 is 10.5 Å². The summed E-state index contributed by atoms with van der Waals surface area (Å²) in [6.45, 7) is 2.06. The Morgan fingerprint density at radius 2 is 1.90 bits per heavy atom. The third kappa shape index (κ3) is 3.69. The van der Waals surface area contributed by atoms with Gasteiger partial charge in [-0.2, -0.15) is 0 Å². The summed E-state index contributed by atoms with van der Waals surface area (Å²) in [7, 11) is -3.46. The van der Waals surface area contributed by atoms with Gasteiger partial charge in [0.15, 0.2) is 0 Å². The van der Waals surface area contributed by atoms with Gasteiger partial charge < -0.3 is 10.2 Å². The van der Waals surface area contributed by atoms with Crippen molar-refractivity contribution in [3.8, 4) is 0 Å². The first-order chi connectivity index (χ1) is 9.52. The summed E-state index contributed by atoms with van der Waals surface area (Å²) < 4.78 is 32.1. The first-order valence-electron chi connectivity index (χ1n) is 6.32. The van der Waals surface area contributed by atoms with Crippen molar-refractivity contribution >= 4 is 10.0 Å². The Hall–Kier alpha value is -1.63. The second kappa shape index (κ2) is 6.21. The predicted octanol–water partition coefficient (Wildman–Crippen LogP) is 1.92. The number of sulfonamides is 1.